The van der Waals surface area contributed by atoms with Gasteiger partial charge in [0, 0.05) is 158 Å². The minimum absolute atomic E-state index is 0.167. The summed E-state index contributed by atoms with van der Waals surface area (Å²) in [6.07, 6.45) is 18.1. The highest BCUT2D eigenvalue weighted by Crippen LogP contribution is 2.43. The average Bonchev–Trinajstić information content (AvgIpc) is 1.62. The van der Waals surface area contributed by atoms with Crippen molar-refractivity contribution in [1.82, 2.24) is 98.6 Å². The Bertz CT molecular complexity index is 6600. The van der Waals surface area contributed by atoms with Crippen LogP contribution in [-0.4, -0.2) is 286 Å². The van der Waals surface area contributed by atoms with Gasteiger partial charge in [-0.15, -0.1) is 0 Å². The predicted molar refractivity (Wildman–Crippen MR) is 564 cm³/mol. The Balaban J connectivity index is 0.000000133. The summed E-state index contributed by atoms with van der Waals surface area (Å²) >= 11 is 50.2. The first kappa shape index (κ1) is 106. The van der Waals surface area contributed by atoms with Crippen molar-refractivity contribution < 1.29 is 39.6 Å². The third kappa shape index (κ3) is 24.3. The number of carboxylic acid groups (broad SMARTS) is 2. The van der Waals surface area contributed by atoms with Crippen LogP contribution in [-0.2, 0) is 9.59 Å². The lowest BCUT2D eigenvalue weighted by Crippen LogP contribution is -2.54. The molecule has 4 aromatic carbocycles. The van der Waals surface area contributed by atoms with E-state index < -0.39 is 11.9 Å². The fraction of sp³-hybridized carbons (Fsp3) is 0.515. The number of aliphatic hydroxyl groups excluding tert-OH is 2. The summed E-state index contributed by atoms with van der Waals surface area (Å²) < 4.78 is 6.91. The fourth-order valence-electron chi connectivity index (χ4n) is 21.9. The number of β-amino-alcohol motifs (C(OH)–C–C–N with tert-alkyl or cyclic N) is 2. The van der Waals surface area contributed by atoms with Gasteiger partial charge in [-0.1, -0.05) is 117 Å². The third-order valence-electron chi connectivity index (χ3n) is 30.0. The van der Waals surface area contributed by atoms with Crippen molar-refractivity contribution in [3.8, 4) is 12.1 Å². The van der Waals surface area contributed by atoms with Crippen molar-refractivity contribution in [3.05, 3.63) is 183 Å². The van der Waals surface area contributed by atoms with Crippen molar-refractivity contribution in [3.63, 3.8) is 0 Å². The predicted octanol–water partition coefficient (Wildman–Crippen LogP) is 17.8. The van der Waals surface area contributed by atoms with Crippen molar-refractivity contribution >= 4 is 184 Å². The number of hydrogen-bond acceptors (Lipinski definition) is 28. The van der Waals surface area contributed by atoms with Crippen LogP contribution in [0, 0.1) is 70.0 Å². The number of aliphatic hydroxyl groups is 2. The third-order valence-corrected chi connectivity index (χ3v) is 32.2. The molecule has 0 spiro atoms. The number of hydrogen-bond donors (Lipinski definition) is 4. The molecule has 145 heavy (non-hydrogen) atoms. The van der Waals surface area contributed by atoms with Crippen molar-refractivity contribution in [2.45, 2.75) is 156 Å². The highest BCUT2D eigenvalue weighted by molar-refractivity contribution is 6.37. The summed E-state index contributed by atoms with van der Waals surface area (Å²) in [5.74, 6) is 6.20. The number of nitriles is 2. The second kappa shape index (κ2) is 47.0. The highest BCUT2D eigenvalue weighted by atomic mass is 35.5. The first-order chi connectivity index (χ1) is 69.7. The molecule has 0 saturated carbocycles. The second-order valence-electron chi connectivity index (χ2n) is 40.0. The van der Waals surface area contributed by atoms with E-state index in [1.54, 1.807) is 92.0 Å². The number of rotatable bonds is 30. The largest absolute Gasteiger partial charge is 0.481 e. The molecule has 0 bridgehead atoms. The van der Waals surface area contributed by atoms with Gasteiger partial charge in [-0.25, -0.2) is 58.6 Å². The van der Waals surface area contributed by atoms with Gasteiger partial charge >= 0.3 is 11.9 Å². The first-order valence-electron chi connectivity index (χ1n) is 50.0. The Morgan fingerprint density at radius 1 is 0.379 bits per heavy atom. The monoisotopic (exact) mass is 2130 g/mol. The minimum atomic E-state index is -0.728. The van der Waals surface area contributed by atoms with Crippen LogP contribution in [0.3, 0.4) is 0 Å². The van der Waals surface area contributed by atoms with Crippen LogP contribution >= 0.6 is 92.8 Å². The Hall–Kier alpha value is -10.4. The number of fused-ring (bicyclic) bond motifs is 4. The molecule has 12 aromatic rings. The van der Waals surface area contributed by atoms with E-state index in [1.807, 2.05) is 58.9 Å². The van der Waals surface area contributed by atoms with Gasteiger partial charge in [0.15, 0.2) is 56.9 Å². The highest BCUT2D eigenvalue weighted by Gasteiger charge is 2.43. The molecule has 34 nitrogen and oxygen atoms in total. The van der Waals surface area contributed by atoms with Gasteiger partial charge in [0.25, 0.3) is 0 Å². The molecule has 9 atom stereocenters. The van der Waals surface area contributed by atoms with Gasteiger partial charge in [-0.3, -0.25) is 19.2 Å². The lowest BCUT2D eigenvalue weighted by atomic mass is 9.80. The smallest absolute Gasteiger partial charge is 0.303 e. The molecule has 42 heteroatoms. The number of nitrogens with zero attached hydrogens (tertiary/aromatic N) is 26. The van der Waals surface area contributed by atoms with E-state index in [1.165, 1.54) is 52.4 Å². The van der Waals surface area contributed by atoms with Crippen LogP contribution in [0.15, 0.2) is 97.6 Å². The zero-order chi connectivity index (χ0) is 102. The van der Waals surface area contributed by atoms with Crippen LogP contribution < -0.4 is 19.6 Å². The van der Waals surface area contributed by atoms with E-state index in [0.29, 0.717) is 156 Å². The van der Waals surface area contributed by atoms with Gasteiger partial charge in [0.1, 0.15) is 57.5 Å². The van der Waals surface area contributed by atoms with E-state index in [-0.39, 0.29) is 72.7 Å². The van der Waals surface area contributed by atoms with Gasteiger partial charge in [-0.05, 0) is 256 Å². The van der Waals surface area contributed by atoms with E-state index >= 15 is 0 Å². The summed E-state index contributed by atoms with van der Waals surface area (Å²) in [6.45, 7) is 31.9. The van der Waals surface area contributed by atoms with Crippen molar-refractivity contribution in [1.29, 1.82) is 10.5 Å². The van der Waals surface area contributed by atoms with Crippen LogP contribution in [0.4, 0.5) is 23.3 Å². The van der Waals surface area contributed by atoms with Gasteiger partial charge in [-0.2, -0.15) is 30.9 Å². The molecule has 8 aromatic heterocycles. The zero-order valence-electron chi connectivity index (χ0n) is 82.2. The number of anilines is 4. The van der Waals surface area contributed by atoms with Crippen molar-refractivity contribution in [2.75, 3.05) is 157 Å². The molecule has 766 valence electrons. The molecule has 16 heterocycles. The molecule has 8 aliphatic rings. The number of carboxylic acids is 2. The van der Waals surface area contributed by atoms with Gasteiger partial charge in [0.2, 0.25) is 0 Å². The molecular formula is C103H120Cl8N26O8. The number of carbonyl (C=O) groups excluding carboxylic acids is 2. The standard InChI is InChI=1S/2C27H32Cl2N6O3.C25H29Cl2N7O.C24H27Cl2N7O/c2*1-16(21-8-7-20(28)11-22(21)29)35-27-26(25(32-35)17(2)36)30-12-23(31-27)34-14-19(15-34)18-5-3-9-33(13-18)10-4-6-24(37)38;1-15(35)11-32-7-3-4-17(12-32)18-13-33(14-18)23-10-29-24-22(9-28)31-34(25(24)30-23)16(2)20-6-5-19(26)8-21(20)27;1-15(19-5-4-18(25)9-20(19)26)33-24-23(21(10-27)30-33)28-11-22(29-24)32-13-17(14-32)16-3-2-6-31(12-16)7-8-34/h2*7-8,11-12,16,18-19H,3-6,9-10,13-15H2,1-2H3,(H,37,38);5-6,8,10,15-18,35H,3-4,7,11-14H2,1-2H3;4-5,9,11,15-17,34H,2-3,6-8,12-14H2,1H3/t16-,18+;16-,18-;15-,16-,17+;15-,16-/m1111/s1. The number of piperidine rings is 4. The Labute approximate surface area is 881 Å². The average molecular weight is 2130 g/mol. The number of benzene rings is 4. The number of carbonyl (C=O) groups is 4. The lowest BCUT2D eigenvalue weighted by molar-refractivity contribution is -0.138. The van der Waals surface area contributed by atoms with Crippen LogP contribution in [0.25, 0.3) is 44.7 Å². The molecule has 0 aliphatic carbocycles. The van der Waals surface area contributed by atoms with E-state index in [2.05, 4.69) is 91.7 Å². The van der Waals surface area contributed by atoms with Crippen molar-refractivity contribution in [2.24, 2.45) is 47.3 Å². The van der Waals surface area contributed by atoms with E-state index in [9.17, 15) is 39.9 Å². The quantitative estimate of drug-likeness (QED) is 0.0304. The molecule has 0 amide bonds. The van der Waals surface area contributed by atoms with Gasteiger partial charge < -0.3 is 59.6 Å². The summed E-state index contributed by atoms with van der Waals surface area (Å²) in [4.78, 5) is 103. The molecule has 0 radical (unpaired) electrons. The van der Waals surface area contributed by atoms with Crippen LogP contribution in [0.1, 0.15) is 204 Å². The number of likely N-dealkylation sites (tertiary alicyclic amines) is 4. The molecule has 8 saturated heterocycles. The maximum absolute atomic E-state index is 12.3. The first-order valence-corrected chi connectivity index (χ1v) is 53.0. The van der Waals surface area contributed by atoms with Crippen LogP contribution in [0.5, 0.6) is 0 Å². The molecule has 20 rings (SSSR count). The van der Waals surface area contributed by atoms with E-state index in [4.69, 9.17) is 123 Å². The summed E-state index contributed by atoms with van der Waals surface area (Å²) in [7, 11) is 0. The summed E-state index contributed by atoms with van der Waals surface area (Å²) in [6, 6.07) is 24.6. The molecule has 0 unspecified atom stereocenters. The molecule has 8 fully saturated rings. The summed E-state index contributed by atoms with van der Waals surface area (Å²) in [5.41, 5.74) is 8.65. The normalized spacial score (nSPS) is 20.0. The maximum atomic E-state index is 12.3. The number of aromatic nitrogens is 16. The zero-order valence-corrected chi connectivity index (χ0v) is 88.2. The Kier molecular flexibility index (Phi) is 34.3. The van der Waals surface area contributed by atoms with Gasteiger partial charge in [0.05, 0.1) is 61.7 Å². The topological polar surface area (TPSA) is 397 Å². The Morgan fingerprint density at radius 2 is 0.648 bits per heavy atom. The van der Waals surface area contributed by atoms with E-state index in [0.717, 1.165) is 189 Å². The lowest BCUT2D eigenvalue weighted by Gasteiger charge is -2.47. The Morgan fingerprint density at radius 3 is 0.917 bits per heavy atom. The molecule has 8 aliphatic heterocycles. The number of ketones is 2. The molecular weight excluding hydrogens is 2010 g/mol. The second-order valence-corrected chi connectivity index (χ2v) is 43.4. The number of aliphatic carboxylic acids is 2. The molecule has 4 N–H and O–H groups in total. The fourth-order valence-corrected chi connectivity index (χ4v) is 24.2. The SMILES string of the molecule is CC(=O)c1nn([C@H](C)c2ccc(Cl)cc2Cl)c2nc(N3CC([C@@H]4CCCN(CCCC(=O)O)C4)C3)cnc12.CC(=O)c1nn([C@H](C)c2ccc(Cl)cc2Cl)c2nc(N3CC([C@H]4CCCN(CCCC(=O)O)C4)C3)cnc12.C[C@H](c1ccc(Cl)cc1Cl)n1nc(C#N)c2ncc(N3CC([C@@H]4CCCN(CCO)C4)C3)nc21.C[C@H](c1ccc(Cl)cc1Cl)n1nc(C#N)c2ncc(N3CC([C@H]4CCCN(C[C@@H](C)O)C4)C3)nc21. The number of Topliss-reactive ketones (excluding diaryl/α,β-unsaturated/α-hetero) is 2. The summed E-state index contributed by atoms with van der Waals surface area (Å²) in [5, 5.41) is 78.6. The maximum Gasteiger partial charge on any atom is 0.303 e. The van der Waals surface area contributed by atoms with Crippen LogP contribution in [0.2, 0.25) is 40.2 Å². The number of halogens is 8. The minimum Gasteiger partial charge on any atom is -0.481 e.